The van der Waals surface area contributed by atoms with Gasteiger partial charge in [-0.3, -0.25) is 4.98 Å². The second-order valence-corrected chi connectivity index (χ2v) is 4.32. The molecule has 0 saturated carbocycles. The lowest BCUT2D eigenvalue weighted by molar-refractivity contribution is 0.173. The Hall–Kier alpha value is -0.930. The van der Waals surface area contributed by atoms with Crippen LogP contribution in [0.4, 0.5) is 0 Å². The summed E-state index contributed by atoms with van der Waals surface area (Å²) < 4.78 is 5.06. The molecule has 0 saturated heterocycles. The molecule has 1 heterocycles. The van der Waals surface area contributed by atoms with Gasteiger partial charge in [-0.05, 0) is 42.9 Å². The summed E-state index contributed by atoms with van der Waals surface area (Å²) in [5.41, 5.74) is 7.44. The number of aromatic nitrogens is 1. The second kappa shape index (κ2) is 7.36. The number of aryl methyl sites for hydroxylation is 1. The molecular weight excluding hydrogens is 200 g/mol. The van der Waals surface area contributed by atoms with E-state index in [0.29, 0.717) is 5.92 Å². The fourth-order valence-electron chi connectivity index (χ4n) is 1.69. The number of methoxy groups -OCH3 is 1. The van der Waals surface area contributed by atoms with Crippen molar-refractivity contribution in [1.82, 2.24) is 4.98 Å². The molecule has 0 aromatic carbocycles. The lowest BCUT2D eigenvalue weighted by atomic mass is 9.94. The van der Waals surface area contributed by atoms with E-state index in [1.54, 1.807) is 7.11 Å². The van der Waals surface area contributed by atoms with Gasteiger partial charge in [-0.1, -0.05) is 6.92 Å². The minimum atomic E-state index is 0.253. The molecule has 0 spiro atoms. The number of pyridine rings is 1. The van der Waals surface area contributed by atoms with Crippen molar-refractivity contribution in [2.24, 2.45) is 11.7 Å². The minimum absolute atomic E-state index is 0.253. The lowest BCUT2D eigenvalue weighted by Gasteiger charge is -2.19. The predicted molar refractivity (Wildman–Crippen MR) is 66.2 cm³/mol. The first-order valence-electron chi connectivity index (χ1n) is 5.87. The van der Waals surface area contributed by atoms with E-state index < -0.39 is 0 Å². The molecule has 0 amide bonds. The Morgan fingerprint density at radius 1 is 1.31 bits per heavy atom. The molecule has 3 nitrogen and oxygen atoms in total. The van der Waals surface area contributed by atoms with Gasteiger partial charge in [-0.15, -0.1) is 0 Å². The average Bonchev–Trinajstić information content (AvgIpc) is 2.34. The molecule has 0 aliphatic carbocycles. The Kier molecular flexibility index (Phi) is 6.04. The minimum Gasteiger partial charge on any atom is -0.385 e. The summed E-state index contributed by atoms with van der Waals surface area (Å²) in [4.78, 5) is 4.00. The van der Waals surface area contributed by atoms with Crippen molar-refractivity contribution in [1.29, 1.82) is 0 Å². The van der Waals surface area contributed by atoms with Crippen LogP contribution in [0.25, 0.3) is 0 Å². The molecule has 1 aromatic rings. The van der Waals surface area contributed by atoms with Gasteiger partial charge in [0.05, 0.1) is 0 Å². The zero-order chi connectivity index (χ0) is 11.8. The van der Waals surface area contributed by atoms with E-state index >= 15 is 0 Å². The summed E-state index contributed by atoms with van der Waals surface area (Å²) >= 11 is 0. The molecule has 0 fully saturated rings. The highest BCUT2D eigenvalue weighted by atomic mass is 16.5. The van der Waals surface area contributed by atoms with Crippen LogP contribution in [0.1, 0.15) is 25.3 Å². The zero-order valence-electron chi connectivity index (χ0n) is 10.2. The summed E-state index contributed by atoms with van der Waals surface area (Å²) in [6.45, 7) is 2.99. The number of nitrogens with two attached hydrogens (primary N) is 1. The van der Waals surface area contributed by atoms with Crippen LogP contribution in [0.3, 0.4) is 0 Å². The molecule has 1 aromatic heterocycles. The summed E-state index contributed by atoms with van der Waals surface area (Å²) in [5, 5.41) is 0. The molecule has 2 N–H and O–H groups in total. The normalized spacial score (nSPS) is 14.7. The summed E-state index contributed by atoms with van der Waals surface area (Å²) in [5.74, 6) is 0.516. The van der Waals surface area contributed by atoms with Gasteiger partial charge in [0, 0.05) is 32.2 Å². The van der Waals surface area contributed by atoms with Crippen molar-refractivity contribution in [3.8, 4) is 0 Å². The lowest BCUT2D eigenvalue weighted by Crippen LogP contribution is -2.29. The van der Waals surface area contributed by atoms with Crippen molar-refractivity contribution in [2.75, 3.05) is 13.7 Å². The quantitative estimate of drug-likeness (QED) is 0.767. The molecule has 90 valence electrons. The third-order valence-corrected chi connectivity index (χ3v) is 3.02. The second-order valence-electron chi connectivity index (χ2n) is 4.32. The van der Waals surface area contributed by atoms with E-state index in [1.165, 1.54) is 5.56 Å². The van der Waals surface area contributed by atoms with Crippen LogP contribution in [0.15, 0.2) is 24.5 Å². The highest BCUT2D eigenvalue weighted by molar-refractivity contribution is 5.09. The van der Waals surface area contributed by atoms with Gasteiger partial charge in [0.1, 0.15) is 0 Å². The Morgan fingerprint density at radius 3 is 2.62 bits per heavy atom. The first-order valence-corrected chi connectivity index (χ1v) is 5.87. The SMILES string of the molecule is COCCC(C)C(N)CCc1ccncc1. The molecule has 0 bridgehead atoms. The van der Waals surface area contributed by atoms with Gasteiger partial charge >= 0.3 is 0 Å². The van der Waals surface area contributed by atoms with Crippen LogP contribution in [0, 0.1) is 5.92 Å². The molecule has 1 rings (SSSR count). The Labute approximate surface area is 98.0 Å². The number of nitrogens with zero attached hydrogens (tertiary/aromatic N) is 1. The Morgan fingerprint density at radius 2 is 2.00 bits per heavy atom. The van der Waals surface area contributed by atoms with Gasteiger partial charge < -0.3 is 10.5 Å². The van der Waals surface area contributed by atoms with Crippen LogP contribution >= 0.6 is 0 Å². The molecule has 16 heavy (non-hydrogen) atoms. The zero-order valence-corrected chi connectivity index (χ0v) is 10.2. The topological polar surface area (TPSA) is 48.1 Å². The Bertz CT molecular complexity index is 277. The molecule has 3 heteroatoms. The van der Waals surface area contributed by atoms with Crippen molar-refractivity contribution in [3.05, 3.63) is 30.1 Å². The summed E-state index contributed by atoms with van der Waals surface area (Å²) in [6.07, 6.45) is 6.74. The molecule has 2 unspecified atom stereocenters. The molecular formula is C13H22N2O. The molecule has 0 aliphatic rings. The fraction of sp³-hybridized carbons (Fsp3) is 0.615. The Balaban J connectivity index is 2.26. The maximum absolute atomic E-state index is 6.13. The van der Waals surface area contributed by atoms with E-state index in [1.807, 2.05) is 24.5 Å². The van der Waals surface area contributed by atoms with Crippen molar-refractivity contribution >= 4 is 0 Å². The van der Waals surface area contributed by atoms with E-state index in [4.69, 9.17) is 10.5 Å². The monoisotopic (exact) mass is 222 g/mol. The van der Waals surface area contributed by atoms with E-state index in [2.05, 4.69) is 11.9 Å². The largest absolute Gasteiger partial charge is 0.385 e. The van der Waals surface area contributed by atoms with Gasteiger partial charge in [0.15, 0.2) is 0 Å². The van der Waals surface area contributed by atoms with Gasteiger partial charge in [-0.2, -0.15) is 0 Å². The third-order valence-electron chi connectivity index (χ3n) is 3.02. The standard InChI is InChI=1S/C13H22N2O/c1-11(7-10-16-2)13(14)4-3-12-5-8-15-9-6-12/h5-6,8-9,11,13H,3-4,7,10,14H2,1-2H3. The maximum atomic E-state index is 6.13. The van der Waals surface area contributed by atoms with Crippen molar-refractivity contribution in [2.45, 2.75) is 32.2 Å². The van der Waals surface area contributed by atoms with Crippen LogP contribution in [-0.2, 0) is 11.2 Å². The highest BCUT2D eigenvalue weighted by Gasteiger charge is 2.12. The summed E-state index contributed by atoms with van der Waals surface area (Å²) in [7, 11) is 1.73. The van der Waals surface area contributed by atoms with Crippen LogP contribution in [0.5, 0.6) is 0 Å². The van der Waals surface area contributed by atoms with Crippen molar-refractivity contribution < 1.29 is 4.74 Å². The number of hydrogen-bond donors (Lipinski definition) is 1. The summed E-state index contributed by atoms with van der Waals surface area (Å²) in [6, 6.07) is 4.35. The van der Waals surface area contributed by atoms with Crippen LogP contribution in [-0.4, -0.2) is 24.7 Å². The molecule has 2 atom stereocenters. The van der Waals surface area contributed by atoms with Crippen LogP contribution < -0.4 is 5.73 Å². The van der Waals surface area contributed by atoms with Gasteiger partial charge in [-0.25, -0.2) is 0 Å². The van der Waals surface area contributed by atoms with Gasteiger partial charge in [0.2, 0.25) is 0 Å². The van der Waals surface area contributed by atoms with E-state index in [9.17, 15) is 0 Å². The smallest absolute Gasteiger partial charge is 0.0465 e. The van der Waals surface area contributed by atoms with E-state index in [-0.39, 0.29) is 6.04 Å². The number of rotatable bonds is 7. The third kappa shape index (κ3) is 4.73. The van der Waals surface area contributed by atoms with Crippen LogP contribution in [0.2, 0.25) is 0 Å². The van der Waals surface area contributed by atoms with Gasteiger partial charge in [0.25, 0.3) is 0 Å². The molecule has 0 aliphatic heterocycles. The maximum Gasteiger partial charge on any atom is 0.0465 e. The highest BCUT2D eigenvalue weighted by Crippen LogP contribution is 2.12. The number of ether oxygens (including phenoxy) is 1. The van der Waals surface area contributed by atoms with Crippen molar-refractivity contribution in [3.63, 3.8) is 0 Å². The van der Waals surface area contributed by atoms with E-state index in [0.717, 1.165) is 25.9 Å². The molecule has 0 radical (unpaired) electrons. The first-order chi connectivity index (χ1) is 7.74. The first kappa shape index (κ1) is 13.1. The predicted octanol–water partition coefficient (Wildman–Crippen LogP) is 2.01. The number of hydrogen-bond acceptors (Lipinski definition) is 3. The average molecular weight is 222 g/mol. The fourth-order valence-corrected chi connectivity index (χ4v) is 1.69.